The molecule has 1 aromatic rings. The Morgan fingerprint density at radius 3 is 2.75 bits per heavy atom. The summed E-state index contributed by atoms with van der Waals surface area (Å²) in [7, 11) is 0. The van der Waals surface area contributed by atoms with Crippen molar-refractivity contribution in [2.24, 2.45) is 0 Å². The van der Waals surface area contributed by atoms with Gasteiger partial charge in [0.25, 0.3) is 0 Å². The van der Waals surface area contributed by atoms with Gasteiger partial charge in [0.1, 0.15) is 5.82 Å². The van der Waals surface area contributed by atoms with Crippen molar-refractivity contribution in [1.29, 1.82) is 0 Å². The molecule has 1 aromatic carbocycles. The van der Waals surface area contributed by atoms with E-state index in [0.29, 0.717) is 5.56 Å². The molecule has 0 saturated heterocycles. The monoisotopic (exact) mass is 340 g/mol. The zero-order valence-corrected chi connectivity index (χ0v) is 9.97. The minimum atomic E-state index is -0.167. The van der Waals surface area contributed by atoms with Crippen LogP contribution in [0.25, 0.3) is 3.58 Å². The third-order valence-corrected chi connectivity index (χ3v) is 2.73. The Bertz CT molecular complexity index is 296. The Labute approximate surface area is 93.1 Å². The summed E-state index contributed by atoms with van der Waals surface area (Å²) < 4.78 is 14.0. The summed E-state index contributed by atoms with van der Waals surface area (Å²) in [6.07, 6.45) is 1.93. The Balaban J connectivity index is 3.02. The fourth-order valence-corrected chi connectivity index (χ4v) is 2.42. The average molecular weight is 341 g/mol. The van der Waals surface area contributed by atoms with Crippen LogP contribution in [0, 0.1) is 5.82 Å². The normalized spacial score (nSPS) is 11.8. The highest BCUT2D eigenvalue weighted by molar-refractivity contribution is 14.1. The van der Waals surface area contributed by atoms with Crippen molar-refractivity contribution in [2.75, 3.05) is 5.33 Å². The topological polar surface area (TPSA) is 0 Å². The summed E-state index contributed by atoms with van der Waals surface area (Å²) in [5, 5.41) is 0.750. The fraction of sp³-hybridized carbons (Fsp3) is 0.111. The standard InChI is InChI=1S/C9H7BrFI/c10-6-5-9(12)7-3-1-2-4-8(7)11/h1-5H,6H2/b9-5-. The molecule has 0 spiro atoms. The van der Waals surface area contributed by atoms with Crippen LogP contribution >= 0.6 is 38.5 Å². The number of hydrogen-bond acceptors (Lipinski definition) is 0. The number of allylic oxidation sites excluding steroid dienone is 1. The Morgan fingerprint density at radius 1 is 1.50 bits per heavy atom. The largest absolute Gasteiger partial charge is 0.206 e. The smallest absolute Gasteiger partial charge is 0.131 e. The lowest BCUT2D eigenvalue weighted by molar-refractivity contribution is 0.625. The predicted octanol–water partition coefficient (Wildman–Crippen LogP) is 4.00. The average Bonchev–Trinajstić information content (AvgIpc) is 2.05. The third-order valence-electron chi connectivity index (χ3n) is 1.39. The predicted molar refractivity (Wildman–Crippen MR) is 62.2 cm³/mol. The number of halogens is 3. The first kappa shape index (κ1) is 10.2. The van der Waals surface area contributed by atoms with E-state index < -0.39 is 0 Å². The molecule has 0 aromatic heterocycles. The third kappa shape index (κ3) is 2.55. The molecule has 64 valence electrons. The van der Waals surface area contributed by atoms with E-state index in [-0.39, 0.29) is 5.82 Å². The maximum absolute atomic E-state index is 13.1. The molecule has 0 radical (unpaired) electrons. The van der Waals surface area contributed by atoms with Crippen molar-refractivity contribution in [3.63, 3.8) is 0 Å². The lowest BCUT2D eigenvalue weighted by Crippen LogP contribution is -1.83. The summed E-state index contributed by atoms with van der Waals surface area (Å²) >= 11 is 5.39. The van der Waals surface area contributed by atoms with Crippen molar-refractivity contribution in [3.8, 4) is 0 Å². The first-order valence-electron chi connectivity index (χ1n) is 3.42. The minimum Gasteiger partial charge on any atom is -0.206 e. The van der Waals surface area contributed by atoms with E-state index in [2.05, 4.69) is 38.5 Å². The highest BCUT2D eigenvalue weighted by Crippen LogP contribution is 2.24. The van der Waals surface area contributed by atoms with Crippen molar-refractivity contribution >= 4 is 42.1 Å². The summed E-state index contributed by atoms with van der Waals surface area (Å²) in [6, 6.07) is 6.77. The van der Waals surface area contributed by atoms with E-state index in [4.69, 9.17) is 0 Å². The molecule has 0 unspecified atom stereocenters. The second-order valence-corrected chi connectivity index (χ2v) is 4.00. The van der Waals surface area contributed by atoms with Gasteiger partial charge < -0.3 is 0 Å². The zero-order chi connectivity index (χ0) is 8.97. The van der Waals surface area contributed by atoms with Gasteiger partial charge in [0, 0.05) is 14.5 Å². The van der Waals surface area contributed by atoms with E-state index in [1.807, 2.05) is 12.1 Å². The highest BCUT2D eigenvalue weighted by Gasteiger charge is 2.02. The van der Waals surface area contributed by atoms with Gasteiger partial charge in [-0.3, -0.25) is 0 Å². The quantitative estimate of drug-likeness (QED) is 0.564. The van der Waals surface area contributed by atoms with Crippen LogP contribution in [0.3, 0.4) is 0 Å². The van der Waals surface area contributed by atoms with Crippen LogP contribution in [0.2, 0.25) is 0 Å². The highest BCUT2D eigenvalue weighted by atomic mass is 127. The molecule has 0 atom stereocenters. The van der Waals surface area contributed by atoms with E-state index >= 15 is 0 Å². The van der Waals surface area contributed by atoms with Crippen LogP contribution in [0.1, 0.15) is 5.56 Å². The minimum absolute atomic E-state index is 0.167. The number of rotatable bonds is 2. The first-order chi connectivity index (χ1) is 5.75. The Morgan fingerprint density at radius 2 is 2.17 bits per heavy atom. The van der Waals surface area contributed by atoms with Crippen LogP contribution in [0.4, 0.5) is 4.39 Å². The molecule has 3 heteroatoms. The molecule has 0 N–H and O–H groups in total. The van der Waals surface area contributed by atoms with E-state index in [1.165, 1.54) is 6.07 Å². The van der Waals surface area contributed by atoms with Crippen molar-refractivity contribution in [1.82, 2.24) is 0 Å². The SMILES string of the molecule is Fc1ccccc1/C(I)=C/CBr. The fourth-order valence-electron chi connectivity index (χ4n) is 0.833. The lowest BCUT2D eigenvalue weighted by Gasteiger charge is -1.99. The zero-order valence-electron chi connectivity index (χ0n) is 6.23. The summed E-state index contributed by atoms with van der Waals surface area (Å²) in [6.45, 7) is 0. The van der Waals surface area contributed by atoms with Crippen molar-refractivity contribution < 1.29 is 4.39 Å². The van der Waals surface area contributed by atoms with Gasteiger partial charge in [-0.1, -0.05) is 40.2 Å². The number of benzene rings is 1. The molecular weight excluding hydrogens is 334 g/mol. The molecule has 0 aliphatic rings. The lowest BCUT2D eigenvalue weighted by atomic mass is 10.2. The van der Waals surface area contributed by atoms with Crippen LogP contribution < -0.4 is 0 Å². The Hall–Kier alpha value is 0.1000. The molecular formula is C9H7BrFI. The van der Waals surface area contributed by atoms with Crippen molar-refractivity contribution in [3.05, 3.63) is 41.7 Å². The molecule has 0 amide bonds. The molecule has 0 heterocycles. The summed E-state index contributed by atoms with van der Waals surface area (Å²) in [4.78, 5) is 0. The molecule has 0 saturated carbocycles. The van der Waals surface area contributed by atoms with Gasteiger partial charge in [0.05, 0.1) is 0 Å². The Kier molecular flexibility index (Phi) is 4.21. The maximum Gasteiger partial charge on any atom is 0.131 e. The summed E-state index contributed by atoms with van der Waals surface area (Å²) in [5.41, 5.74) is 0.664. The molecule has 12 heavy (non-hydrogen) atoms. The van der Waals surface area contributed by atoms with Gasteiger partial charge in [-0.15, -0.1) is 0 Å². The van der Waals surface area contributed by atoms with Gasteiger partial charge in [-0.2, -0.15) is 0 Å². The van der Waals surface area contributed by atoms with Crippen LogP contribution in [-0.2, 0) is 0 Å². The summed E-state index contributed by atoms with van der Waals surface area (Å²) in [5.74, 6) is -0.167. The second-order valence-electron chi connectivity index (χ2n) is 2.19. The van der Waals surface area contributed by atoms with Crippen LogP contribution in [0.15, 0.2) is 30.3 Å². The molecule has 0 nitrogen and oxygen atoms in total. The maximum atomic E-state index is 13.1. The number of hydrogen-bond donors (Lipinski definition) is 0. The molecule has 0 fully saturated rings. The molecule has 0 aliphatic carbocycles. The molecule has 0 bridgehead atoms. The van der Waals surface area contributed by atoms with E-state index in [1.54, 1.807) is 12.1 Å². The molecule has 0 aliphatic heterocycles. The first-order valence-corrected chi connectivity index (χ1v) is 5.62. The van der Waals surface area contributed by atoms with Gasteiger partial charge in [0.2, 0.25) is 0 Å². The second kappa shape index (κ2) is 4.97. The van der Waals surface area contributed by atoms with Crippen LogP contribution in [0.5, 0.6) is 0 Å². The molecule has 1 rings (SSSR count). The van der Waals surface area contributed by atoms with Gasteiger partial charge in [0.15, 0.2) is 0 Å². The number of alkyl halides is 1. The van der Waals surface area contributed by atoms with Gasteiger partial charge in [-0.05, 0) is 28.7 Å². The van der Waals surface area contributed by atoms with E-state index in [0.717, 1.165) is 8.91 Å². The van der Waals surface area contributed by atoms with E-state index in [9.17, 15) is 4.39 Å². The van der Waals surface area contributed by atoms with Crippen molar-refractivity contribution in [2.45, 2.75) is 0 Å². The van der Waals surface area contributed by atoms with Gasteiger partial charge in [-0.25, -0.2) is 4.39 Å². The van der Waals surface area contributed by atoms with Gasteiger partial charge >= 0.3 is 0 Å². The van der Waals surface area contributed by atoms with Crippen LogP contribution in [-0.4, -0.2) is 5.33 Å².